The van der Waals surface area contributed by atoms with Gasteiger partial charge < -0.3 is 10.6 Å². The van der Waals surface area contributed by atoms with Gasteiger partial charge in [-0.25, -0.2) is 0 Å². The van der Waals surface area contributed by atoms with Gasteiger partial charge >= 0.3 is 0 Å². The fourth-order valence-corrected chi connectivity index (χ4v) is 4.08. The Morgan fingerprint density at radius 1 is 1.22 bits per heavy atom. The van der Waals surface area contributed by atoms with Crippen LogP contribution in [-0.2, 0) is 24.4 Å². The predicted octanol–water partition coefficient (Wildman–Crippen LogP) is 3.90. The molecule has 2 aliphatic rings. The van der Waals surface area contributed by atoms with Crippen LogP contribution in [0.15, 0.2) is 18.2 Å². The van der Waals surface area contributed by atoms with Crippen molar-refractivity contribution < 1.29 is 4.79 Å². The largest absolute Gasteiger partial charge is 0.352 e. The van der Waals surface area contributed by atoms with Crippen LogP contribution >= 0.6 is 0 Å². The average molecular weight is 314 g/mol. The van der Waals surface area contributed by atoms with E-state index in [0.717, 1.165) is 31.8 Å². The van der Waals surface area contributed by atoms with E-state index in [1.54, 1.807) is 0 Å². The molecular weight excluding hydrogens is 284 g/mol. The van der Waals surface area contributed by atoms with Gasteiger partial charge in [-0.2, -0.15) is 0 Å². The maximum absolute atomic E-state index is 12.5. The van der Waals surface area contributed by atoms with Gasteiger partial charge in [-0.1, -0.05) is 57.2 Å². The van der Waals surface area contributed by atoms with Gasteiger partial charge in [0.05, 0.1) is 0 Å². The Bertz CT molecular complexity index is 534. The van der Waals surface area contributed by atoms with Crippen LogP contribution < -0.4 is 10.6 Å². The Balaban J connectivity index is 1.50. The number of nitrogens with one attached hydrogen (secondary N) is 2. The van der Waals surface area contributed by atoms with E-state index >= 15 is 0 Å². The third kappa shape index (κ3) is 4.35. The number of benzene rings is 1. The molecule has 1 atom stereocenters. The smallest absolute Gasteiger partial charge is 0.223 e. The molecule has 1 amide bonds. The predicted molar refractivity (Wildman–Crippen MR) is 93.8 cm³/mol. The highest BCUT2D eigenvalue weighted by atomic mass is 16.1. The van der Waals surface area contributed by atoms with Gasteiger partial charge in [0.1, 0.15) is 0 Å². The Morgan fingerprint density at radius 3 is 2.78 bits per heavy atom. The molecule has 1 aromatic rings. The van der Waals surface area contributed by atoms with Gasteiger partial charge in [0.2, 0.25) is 5.91 Å². The fraction of sp³-hybridized carbons (Fsp3) is 0.650. The van der Waals surface area contributed by atoms with Gasteiger partial charge in [-0.15, -0.1) is 0 Å². The molecular formula is C20H30N2O. The van der Waals surface area contributed by atoms with Gasteiger partial charge in [0, 0.05) is 25.6 Å². The van der Waals surface area contributed by atoms with Crippen molar-refractivity contribution in [2.45, 2.75) is 71.5 Å². The first-order chi connectivity index (χ1) is 11.3. The molecule has 1 aliphatic carbocycles. The highest BCUT2D eigenvalue weighted by molar-refractivity contribution is 5.78. The lowest BCUT2D eigenvalue weighted by Crippen LogP contribution is -2.31. The zero-order valence-electron chi connectivity index (χ0n) is 14.4. The van der Waals surface area contributed by atoms with E-state index in [9.17, 15) is 4.79 Å². The second-order valence-electron chi connectivity index (χ2n) is 7.27. The molecule has 0 radical (unpaired) electrons. The van der Waals surface area contributed by atoms with E-state index < -0.39 is 0 Å². The highest BCUT2D eigenvalue weighted by Gasteiger charge is 2.23. The molecule has 0 spiro atoms. The number of fused-ring (bicyclic) bond motifs is 1. The number of hydrogen-bond acceptors (Lipinski definition) is 2. The van der Waals surface area contributed by atoms with Gasteiger partial charge in [0.15, 0.2) is 0 Å². The number of carbonyl (C=O) groups excluding carboxylic acids is 1. The summed E-state index contributed by atoms with van der Waals surface area (Å²) < 4.78 is 0. The molecule has 0 saturated heterocycles. The molecule has 126 valence electrons. The molecule has 1 fully saturated rings. The number of rotatable bonds is 6. The maximum atomic E-state index is 12.5. The molecule has 2 N–H and O–H groups in total. The minimum atomic E-state index is 0.189. The van der Waals surface area contributed by atoms with E-state index in [4.69, 9.17) is 0 Å². The lowest BCUT2D eigenvalue weighted by atomic mass is 9.82. The Hall–Kier alpha value is -1.35. The zero-order valence-corrected chi connectivity index (χ0v) is 14.4. The second-order valence-corrected chi connectivity index (χ2v) is 7.27. The molecule has 1 aliphatic heterocycles. The summed E-state index contributed by atoms with van der Waals surface area (Å²) in [5, 5.41) is 6.54. The molecule has 3 rings (SSSR count). The molecule has 1 heterocycles. The average Bonchev–Trinajstić information content (AvgIpc) is 3.06. The van der Waals surface area contributed by atoms with Crippen molar-refractivity contribution in [3.8, 4) is 0 Å². The molecule has 0 bridgehead atoms. The Kier molecular flexibility index (Phi) is 5.71. The normalized spacial score (nSPS) is 19.3. The van der Waals surface area contributed by atoms with Gasteiger partial charge in [-0.3, -0.25) is 4.79 Å². The molecule has 0 aromatic heterocycles. The van der Waals surface area contributed by atoms with Crippen molar-refractivity contribution in [2.75, 3.05) is 0 Å². The van der Waals surface area contributed by atoms with Crippen molar-refractivity contribution in [3.63, 3.8) is 0 Å². The fourth-order valence-electron chi connectivity index (χ4n) is 4.08. The molecule has 1 unspecified atom stereocenters. The van der Waals surface area contributed by atoms with E-state index in [1.807, 2.05) is 0 Å². The number of hydrogen-bond donors (Lipinski definition) is 2. The van der Waals surface area contributed by atoms with Crippen LogP contribution in [-0.4, -0.2) is 5.91 Å². The summed E-state index contributed by atoms with van der Waals surface area (Å²) in [6.45, 7) is 4.74. The molecule has 3 heteroatoms. The van der Waals surface area contributed by atoms with Crippen molar-refractivity contribution in [3.05, 3.63) is 34.9 Å². The number of carbonyl (C=O) groups is 1. The first-order valence-electron chi connectivity index (χ1n) is 9.35. The lowest BCUT2D eigenvalue weighted by molar-refractivity contribution is -0.125. The van der Waals surface area contributed by atoms with Crippen LogP contribution in [0.4, 0.5) is 0 Å². The summed E-state index contributed by atoms with van der Waals surface area (Å²) in [7, 11) is 0. The van der Waals surface area contributed by atoms with E-state index in [-0.39, 0.29) is 11.8 Å². The topological polar surface area (TPSA) is 41.1 Å². The van der Waals surface area contributed by atoms with Crippen molar-refractivity contribution in [1.29, 1.82) is 0 Å². The molecule has 1 aromatic carbocycles. The van der Waals surface area contributed by atoms with E-state index in [0.29, 0.717) is 6.54 Å². The van der Waals surface area contributed by atoms with E-state index in [1.165, 1.54) is 48.8 Å². The zero-order chi connectivity index (χ0) is 16.1. The third-order valence-corrected chi connectivity index (χ3v) is 5.57. The van der Waals surface area contributed by atoms with Crippen LogP contribution in [0.25, 0.3) is 0 Å². The van der Waals surface area contributed by atoms with Crippen LogP contribution in [0.5, 0.6) is 0 Å². The summed E-state index contributed by atoms with van der Waals surface area (Å²) >= 11 is 0. The van der Waals surface area contributed by atoms with Crippen molar-refractivity contribution in [2.24, 2.45) is 11.8 Å². The first-order valence-corrected chi connectivity index (χ1v) is 9.35. The Labute approximate surface area is 140 Å². The van der Waals surface area contributed by atoms with Crippen LogP contribution in [0.1, 0.15) is 68.6 Å². The van der Waals surface area contributed by atoms with Crippen molar-refractivity contribution in [1.82, 2.24) is 10.6 Å². The lowest BCUT2D eigenvalue weighted by Gasteiger charge is -2.25. The van der Waals surface area contributed by atoms with E-state index in [2.05, 4.69) is 35.8 Å². The third-order valence-electron chi connectivity index (χ3n) is 5.57. The van der Waals surface area contributed by atoms with Crippen LogP contribution in [0.2, 0.25) is 0 Å². The van der Waals surface area contributed by atoms with Crippen molar-refractivity contribution >= 4 is 5.91 Å². The monoisotopic (exact) mass is 314 g/mol. The molecule has 1 saturated carbocycles. The summed E-state index contributed by atoms with van der Waals surface area (Å²) in [5.41, 5.74) is 3.99. The second kappa shape index (κ2) is 7.96. The Morgan fingerprint density at radius 2 is 2.00 bits per heavy atom. The standard InChI is InChI=1S/C20H30N2O/c1-2-17(10-15-6-4-3-5-7-15)20(23)22-12-16-8-9-18-13-21-14-19(18)11-16/h8-9,11,15,17,21H,2-7,10,12-14H2,1H3,(H,22,23). The quantitative estimate of drug-likeness (QED) is 0.836. The summed E-state index contributed by atoms with van der Waals surface area (Å²) in [6.07, 6.45) is 8.76. The van der Waals surface area contributed by atoms with Crippen LogP contribution in [0, 0.1) is 11.8 Å². The summed E-state index contributed by atoms with van der Waals surface area (Å²) in [5.74, 6) is 1.21. The summed E-state index contributed by atoms with van der Waals surface area (Å²) in [4.78, 5) is 12.5. The SMILES string of the molecule is CCC(CC1CCCCC1)C(=O)NCc1ccc2c(c1)CNC2. The summed E-state index contributed by atoms with van der Waals surface area (Å²) in [6, 6.07) is 6.57. The van der Waals surface area contributed by atoms with Gasteiger partial charge in [0.25, 0.3) is 0 Å². The molecule has 3 nitrogen and oxygen atoms in total. The minimum Gasteiger partial charge on any atom is -0.352 e. The minimum absolute atomic E-state index is 0.189. The van der Waals surface area contributed by atoms with Gasteiger partial charge in [-0.05, 0) is 35.4 Å². The maximum Gasteiger partial charge on any atom is 0.223 e. The first kappa shape index (κ1) is 16.5. The van der Waals surface area contributed by atoms with Crippen LogP contribution in [0.3, 0.4) is 0 Å². The highest BCUT2D eigenvalue weighted by Crippen LogP contribution is 2.30. The number of amides is 1. The molecule has 23 heavy (non-hydrogen) atoms.